The molecule has 0 bridgehead atoms. The van der Waals surface area contributed by atoms with Crippen LogP contribution in [0.4, 0.5) is 0 Å². The Kier molecular flexibility index (Phi) is 5.45. The van der Waals surface area contributed by atoms with E-state index in [1.165, 1.54) is 0 Å². The molecule has 0 radical (unpaired) electrons. The Morgan fingerprint density at radius 2 is 1.33 bits per heavy atom. The standard InChI is InChI=1S/C26H20N2O2/c1-2-30-24-13-11-21(12-14-24)23-15-25(29)26(28-17-23)22-9-7-20(8-10-22)19-5-3-18(16-27)4-6-19/h3-15,17,29H,2H2,1H3. The summed E-state index contributed by atoms with van der Waals surface area (Å²) in [4.78, 5) is 4.49. The third-order valence-electron chi connectivity index (χ3n) is 4.87. The number of nitriles is 1. The van der Waals surface area contributed by atoms with Crippen LogP contribution >= 0.6 is 0 Å². The lowest BCUT2D eigenvalue weighted by molar-refractivity contribution is 0.340. The molecule has 0 saturated heterocycles. The topological polar surface area (TPSA) is 66.1 Å². The first-order valence-corrected chi connectivity index (χ1v) is 9.71. The van der Waals surface area contributed by atoms with Crippen LogP contribution in [0, 0.1) is 11.3 Å². The summed E-state index contributed by atoms with van der Waals surface area (Å²) in [5.41, 5.74) is 5.88. The minimum Gasteiger partial charge on any atom is -0.506 e. The number of aromatic hydroxyl groups is 1. The maximum absolute atomic E-state index is 10.6. The molecule has 0 saturated carbocycles. The fourth-order valence-electron chi connectivity index (χ4n) is 3.30. The van der Waals surface area contributed by atoms with Crippen molar-refractivity contribution < 1.29 is 9.84 Å². The van der Waals surface area contributed by atoms with Crippen LogP contribution in [-0.4, -0.2) is 16.7 Å². The van der Waals surface area contributed by atoms with Crippen LogP contribution in [0.5, 0.6) is 11.5 Å². The Morgan fingerprint density at radius 3 is 1.90 bits per heavy atom. The molecule has 0 fully saturated rings. The van der Waals surface area contributed by atoms with Crippen LogP contribution in [0.1, 0.15) is 12.5 Å². The van der Waals surface area contributed by atoms with Gasteiger partial charge in [-0.05, 0) is 53.9 Å². The number of rotatable bonds is 5. The van der Waals surface area contributed by atoms with Gasteiger partial charge in [-0.3, -0.25) is 4.98 Å². The number of hydrogen-bond donors (Lipinski definition) is 1. The summed E-state index contributed by atoms with van der Waals surface area (Å²) >= 11 is 0. The Bertz CT molecular complexity index is 1190. The maximum atomic E-state index is 10.6. The molecular weight excluding hydrogens is 372 g/mol. The van der Waals surface area contributed by atoms with Gasteiger partial charge in [-0.1, -0.05) is 48.5 Å². The van der Waals surface area contributed by atoms with Gasteiger partial charge in [0.2, 0.25) is 0 Å². The minimum atomic E-state index is 0.132. The summed E-state index contributed by atoms with van der Waals surface area (Å²) < 4.78 is 5.47. The summed E-state index contributed by atoms with van der Waals surface area (Å²) in [5.74, 6) is 0.949. The average Bonchev–Trinajstić information content (AvgIpc) is 2.80. The highest BCUT2D eigenvalue weighted by atomic mass is 16.5. The van der Waals surface area contributed by atoms with Gasteiger partial charge in [0.05, 0.1) is 18.2 Å². The maximum Gasteiger partial charge on any atom is 0.142 e. The zero-order chi connectivity index (χ0) is 20.9. The summed E-state index contributed by atoms with van der Waals surface area (Å²) in [6.45, 7) is 2.58. The molecule has 0 unspecified atom stereocenters. The van der Waals surface area contributed by atoms with Gasteiger partial charge < -0.3 is 9.84 Å². The molecule has 0 aliphatic heterocycles. The third-order valence-corrected chi connectivity index (χ3v) is 4.87. The zero-order valence-electron chi connectivity index (χ0n) is 16.5. The number of benzene rings is 3. The van der Waals surface area contributed by atoms with Crippen molar-refractivity contribution in [3.05, 3.63) is 90.6 Å². The molecule has 4 nitrogen and oxygen atoms in total. The predicted molar refractivity (Wildman–Crippen MR) is 118 cm³/mol. The fourth-order valence-corrected chi connectivity index (χ4v) is 3.30. The van der Waals surface area contributed by atoms with E-state index >= 15 is 0 Å². The molecule has 0 amide bonds. The van der Waals surface area contributed by atoms with E-state index in [2.05, 4.69) is 11.1 Å². The first kappa shape index (κ1) is 19.2. The molecular formula is C26H20N2O2. The fraction of sp³-hybridized carbons (Fsp3) is 0.0769. The second-order valence-electron chi connectivity index (χ2n) is 6.82. The van der Waals surface area contributed by atoms with Crippen LogP contribution in [0.2, 0.25) is 0 Å². The van der Waals surface area contributed by atoms with Gasteiger partial charge in [-0.25, -0.2) is 0 Å². The quantitative estimate of drug-likeness (QED) is 0.448. The molecule has 0 atom stereocenters. The highest BCUT2D eigenvalue weighted by Gasteiger charge is 2.09. The van der Waals surface area contributed by atoms with Gasteiger partial charge in [0, 0.05) is 17.3 Å². The second-order valence-corrected chi connectivity index (χ2v) is 6.82. The Morgan fingerprint density at radius 1 is 0.800 bits per heavy atom. The van der Waals surface area contributed by atoms with Crippen molar-refractivity contribution in [2.24, 2.45) is 0 Å². The van der Waals surface area contributed by atoms with Gasteiger partial charge in [-0.15, -0.1) is 0 Å². The normalized spacial score (nSPS) is 10.4. The molecule has 0 aliphatic rings. The molecule has 1 N–H and O–H groups in total. The van der Waals surface area contributed by atoms with E-state index < -0.39 is 0 Å². The number of ether oxygens (including phenoxy) is 1. The van der Waals surface area contributed by atoms with Crippen LogP contribution in [-0.2, 0) is 0 Å². The van der Waals surface area contributed by atoms with Crippen LogP contribution in [0.25, 0.3) is 33.5 Å². The Hall–Kier alpha value is -4.10. The van der Waals surface area contributed by atoms with Crippen molar-refractivity contribution >= 4 is 0 Å². The van der Waals surface area contributed by atoms with Gasteiger partial charge in [0.1, 0.15) is 17.2 Å². The van der Waals surface area contributed by atoms with Gasteiger partial charge in [-0.2, -0.15) is 5.26 Å². The number of aromatic nitrogens is 1. The Labute approximate surface area is 175 Å². The highest BCUT2D eigenvalue weighted by molar-refractivity contribution is 5.74. The van der Waals surface area contributed by atoms with Crippen molar-refractivity contribution in [1.82, 2.24) is 4.98 Å². The molecule has 146 valence electrons. The predicted octanol–water partition coefficient (Wildman–Crippen LogP) is 6.06. The molecule has 0 aliphatic carbocycles. The molecule has 1 aromatic heterocycles. The molecule has 30 heavy (non-hydrogen) atoms. The minimum absolute atomic E-state index is 0.132. The van der Waals surface area contributed by atoms with Crippen molar-refractivity contribution in [3.63, 3.8) is 0 Å². The van der Waals surface area contributed by atoms with E-state index in [9.17, 15) is 5.11 Å². The van der Waals surface area contributed by atoms with Gasteiger partial charge in [0.15, 0.2) is 0 Å². The van der Waals surface area contributed by atoms with Crippen molar-refractivity contribution in [1.29, 1.82) is 5.26 Å². The van der Waals surface area contributed by atoms with Crippen LogP contribution in [0.3, 0.4) is 0 Å². The van der Waals surface area contributed by atoms with Crippen LogP contribution in [0.15, 0.2) is 85.1 Å². The highest BCUT2D eigenvalue weighted by Crippen LogP contribution is 2.33. The molecule has 4 heteroatoms. The van der Waals surface area contributed by atoms with Gasteiger partial charge >= 0.3 is 0 Å². The van der Waals surface area contributed by atoms with E-state index in [0.29, 0.717) is 17.9 Å². The van der Waals surface area contributed by atoms with E-state index in [1.54, 1.807) is 24.4 Å². The van der Waals surface area contributed by atoms with E-state index in [0.717, 1.165) is 33.6 Å². The summed E-state index contributed by atoms with van der Waals surface area (Å²) in [6, 6.07) is 26.9. The molecule has 4 rings (SSSR count). The smallest absolute Gasteiger partial charge is 0.142 e. The number of pyridine rings is 1. The number of nitrogens with zero attached hydrogens (tertiary/aromatic N) is 2. The van der Waals surface area contributed by atoms with Crippen molar-refractivity contribution in [2.75, 3.05) is 6.61 Å². The van der Waals surface area contributed by atoms with Crippen LogP contribution < -0.4 is 4.74 Å². The SMILES string of the molecule is CCOc1ccc(-c2cnc(-c3ccc(-c4ccc(C#N)cc4)cc3)c(O)c2)cc1. The van der Waals surface area contributed by atoms with Crippen molar-refractivity contribution in [2.45, 2.75) is 6.92 Å². The van der Waals surface area contributed by atoms with E-state index in [4.69, 9.17) is 10.00 Å². The lowest BCUT2D eigenvalue weighted by Crippen LogP contribution is -1.91. The lowest BCUT2D eigenvalue weighted by Gasteiger charge is -2.09. The van der Waals surface area contributed by atoms with Gasteiger partial charge in [0.25, 0.3) is 0 Å². The monoisotopic (exact) mass is 392 g/mol. The first-order valence-electron chi connectivity index (χ1n) is 9.71. The lowest BCUT2D eigenvalue weighted by atomic mass is 10.0. The number of hydrogen-bond acceptors (Lipinski definition) is 4. The first-order chi connectivity index (χ1) is 14.7. The Balaban J connectivity index is 1.57. The molecule has 4 aromatic rings. The molecule has 3 aromatic carbocycles. The molecule has 0 spiro atoms. The van der Waals surface area contributed by atoms with E-state index in [-0.39, 0.29) is 5.75 Å². The second kappa shape index (κ2) is 8.50. The molecule has 1 heterocycles. The summed E-state index contributed by atoms with van der Waals surface area (Å²) in [7, 11) is 0. The van der Waals surface area contributed by atoms with E-state index in [1.807, 2.05) is 67.6 Å². The summed E-state index contributed by atoms with van der Waals surface area (Å²) in [5, 5.41) is 19.5. The van der Waals surface area contributed by atoms with Crippen molar-refractivity contribution in [3.8, 4) is 51.1 Å². The third kappa shape index (κ3) is 4.01. The zero-order valence-corrected chi connectivity index (χ0v) is 16.5. The average molecular weight is 392 g/mol. The largest absolute Gasteiger partial charge is 0.506 e. The summed E-state index contributed by atoms with van der Waals surface area (Å²) in [6.07, 6.45) is 1.76.